The normalized spacial score (nSPS) is 11.7. The van der Waals surface area contributed by atoms with Crippen molar-refractivity contribution in [2.75, 3.05) is 45.7 Å². The van der Waals surface area contributed by atoms with Gasteiger partial charge >= 0.3 is 0 Å². The summed E-state index contributed by atoms with van der Waals surface area (Å²) in [5.41, 5.74) is 1.37. The van der Waals surface area contributed by atoms with Crippen LogP contribution in [0.2, 0.25) is 0 Å². The van der Waals surface area contributed by atoms with E-state index in [2.05, 4.69) is 64.2 Å². The second-order valence-electron chi connectivity index (χ2n) is 5.70. The van der Waals surface area contributed by atoms with Crippen LogP contribution in [0.1, 0.15) is 24.8 Å². The highest BCUT2D eigenvalue weighted by molar-refractivity contribution is 7.98. The zero-order valence-corrected chi connectivity index (χ0v) is 15.7. The van der Waals surface area contributed by atoms with E-state index in [1.54, 1.807) is 0 Å². The number of thioether (sulfide) groups is 1. The predicted molar refractivity (Wildman–Crippen MR) is 104 cm³/mol. The van der Waals surface area contributed by atoms with Gasteiger partial charge in [0.25, 0.3) is 0 Å². The molecule has 0 bridgehead atoms. The molecule has 1 aromatic rings. The molecule has 0 aliphatic carbocycles. The monoisotopic (exact) mass is 336 g/mol. The van der Waals surface area contributed by atoms with Crippen LogP contribution in [0.15, 0.2) is 35.3 Å². The molecule has 0 atom stereocenters. The van der Waals surface area contributed by atoms with E-state index in [-0.39, 0.29) is 0 Å². The van der Waals surface area contributed by atoms with Crippen molar-refractivity contribution in [1.29, 1.82) is 0 Å². The maximum absolute atomic E-state index is 4.27. The number of hydrogen-bond acceptors (Lipinski definition) is 3. The van der Waals surface area contributed by atoms with Crippen molar-refractivity contribution in [1.82, 2.24) is 15.5 Å². The van der Waals surface area contributed by atoms with Gasteiger partial charge in [-0.25, -0.2) is 0 Å². The standard InChI is InChI=1S/C18H32N4S/c1-19-18(20-12-7-8-15-23-3)21-13-9-14-22(2)16-17-10-5-4-6-11-17/h4-6,10-11H,7-9,12-16H2,1-3H3,(H2,19,20,21). The predicted octanol–water partition coefficient (Wildman–Crippen LogP) is 2.82. The molecule has 0 radical (unpaired) electrons. The van der Waals surface area contributed by atoms with E-state index in [4.69, 9.17) is 0 Å². The van der Waals surface area contributed by atoms with Crippen molar-refractivity contribution in [2.24, 2.45) is 4.99 Å². The number of hydrogen-bond donors (Lipinski definition) is 2. The molecule has 5 heteroatoms. The highest BCUT2D eigenvalue weighted by Crippen LogP contribution is 2.02. The molecule has 0 aromatic heterocycles. The van der Waals surface area contributed by atoms with Crippen LogP contribution in [0, 0.1) is 0 Å². The lowest BCUT2D eigenvalue weighted by Crippen LogP contribution is -2.39. The Morgan fingerprint density at radius 1 is 1.09 bits per heavy atom. The SMILES string of the molecule is CN=C(NCCCCSC)NCCCN(C)Cc1ccccc1. The van der Waals surface area contributed by atoms with Gasteiger partial charge < -0.3 is 15.5 Å². The van der Waals surface area contributed by atoms with Crippen LogP contribution >= 0.6 is 11.8 Å². The second kappa shape index (κ2) is 13.3. The fourth-order valence-electron chi connectivity index (χ4n) is 2.33. The Hall–Kier alpha value is -1.20. The average molecular weight is 337 g/mol. The Kier molecular flexibility index (Phi) is 11.4. The minimum absolute atomic E-state index is 0.917. The van der Waals surface area contributed by atoms with E-state index in [1.807, 2.05) is 18.8 Å². The summed E-state index contributed by atoms with van der Waals surface area (Å²) in [4.78, 5) is 6.62. The summed E-state index contributed by atoms with van der Waals surface area (Å²) >= 11 is 1.91. The fourth-order valence-corrected chi connectivity index (χ4v) is 2.82. The van der Waals surface area contributed by atoms with Gasteiger partial charge in [-0.1, -0.05) is 30.3 Å². The van der Waals surface area contributed by atoms with E-state index >= 15 is 0 Å². The first-order chi connectivity index (χ1) is 11.3. The van der Waals surface area contributed by atoms with E-state index < -0.39 is 0 Å². The number of unbranched alkanes of at least 4 members (excludes halogenated alkanes) is 1. The average Bonchev–Trinajstić information content (AvgIpc) is 2.57. The molecule has 1 rings (SSSR count). The lowest BCUT2D eigenvalue weighted by atomic mass is 10.2. The number of aliphatic imine (C=N–C) groups is 1. The summed E-state index contributed by atoms with van der Waals surface area (Å²) < 4.78 is 0. The topological polar surface area (TPSA) is 39.7 Å². The van der Waals surface area contributed by atoms with Crippen LogP contribution < -0.4 is 10.6 Å². The van der Waals surface area contributed by atoms with E-state index in [1.165, 1.54) is 24.2 Å². The van der Waals surface area contributed by atoms with E-state index in [0.717, 1.165) is 38.6 Å². The van der Waals surface area contributed by atoms with Crippen molar-refractivity contribution in [2.45, 2.75) is 25.8 Å². The molecular weight excluding hydrogens is 304 g/mol. The van der Waals surface area contributed by atoms with Crippen molar-refractivity contribution < 1.29 is 0 Å². The Balaban J connectivity index is 2.07. The van der Waals surface area contributed by atoms with Gasteiger partial charge in [0.05, 0.1) is 0 Å². The molecule has 130 valence electrons. The molecule has 0 amide bonds. The molecule has 1 aromatic carbocycles. The maximum Gasteiger partial charge on any atom is 0.190 e. The molecule has 0 saturated heterocycles. The Bertz CT molecular complexity index is 422. The van der Waals surface area contributed by atoms with Crippen LogP contribution in [-0.4, -0.2) is 56.6 Å². The zero-order valence-electron chi connectivity index (χ0n) is 14.8. The van der Waals surface area contributed by atoms with Gasteiger partial charge in [0.1, 0.15) is 0 Å². The zero-order chi connectivity index (χ0) is 16.8. The molecule has 0 unspecified atom stereocenters. The quantitative estimate of drug-likeness (QED) is 0.370. The van der Waals surface area contributed by atoms with Crippen molar-refractivity contribution in [3.05, 3.63) is 35.9 Å². The molecule has 0 fully saturated rings. The van der Waals surface area contributed by atoms with Crippen molar-refractivity contribution >= 4 is 17.7 Å². The maximum atomic E-state index is 4.27. The number of benzene rings is 1. The number of rotatable bonds is 11. The minimum Gasteiger partial charge on any atom is -0.356 e. The van der Waals surface area contributed by atoms with Gasteiger partial charge in [-0.15, -0.1) is 0 Å². The Morgan fingerprint density at radius 3 is 2.43 bits per heavy atom. The summed E-state index contributed by atoms with van der Waals surface area (Å²) in [7, 11) is 4.00. The second-order valence-corrected chi connectivity index (χ2v) is 6.69. The third-order valence-corrected chi connectivity index (χ3v) is 4.29. The van der Waals surface area contributed by atoms with Crippen LogP contribution in [0.4, 0.5) is 0 Å². The third kappa shape index (κ3) is 10.2. The summed E-state index contributed by atoms with van der Waals surface area (Å²) in [6.45, 7) is 4.02. The summed E-state index contributed by atoms with van der Waals surface area (Å²) in [5, 5.41) is 6.76. The van der Waals surface area contributed by atoms with Crippen LogP contribution in [-0.2, 0) is 6.54 Å². The van der Waals surface area contributed by atoms with Gasteiger partial charge in [-0.05, 0) is 50.4 Å². The molecule has 0 spiro atoms. The molecular formula is C18H32N4S. The molecule has 4 nitrogen and oxygen atoms in total. The summed E-state index contributed by atoms with van der Waals surface area (Å²) in [6.07, 6.45) is 5.72. The summed E-state index contributed by atoms with van der Waals surface area (Å²) in [6, 6.07) is 10.6. The van der Waals surface area contributed by atoms with E-state index in [0.29, 0.717) is 0 Å². The molecule has 0 aliphatic rings. The van der Waals surface area contributed by atoms with Crippen LogP contribution in [0.3, 0.4) is 0 Å². The highest BCUT2D eigenvalue weighted by atomic mass is 32.2. The Labute approximate surface area is 146 Å². The summed E-state index contributed by atoms with van der Waals surface area (Å²) in [5.74, 6) is 2.15. The number of nitrogens with zero attached hydrogens (tertiary/aromatic N) is 2. The molecule has 23 heavy (non-hydrogen) atoms. The lowest BCUT2D eigenvalue weighted by molar-refractivity contribution is 0.322. The Morgan fingerprint density at radius 2 is 1.78 bits per heavy atom. The fraction of sp³-hybridized carbons (Fsp3) is 0.611. The lowest BCUT2D eigenvalue weighted by Gasteiger charge is -2.17. The highest BCUT2D eigenvalue weighted by Gasteiger charge is 2.01. The number of guanidine groups is 1. The largest absolute Gasteiger partial charge is 0.356 e. The first-order valence-electron chi connectivity index (χ1n) is 8.42. The van der Waals surface area contributed by atoms with Gasteiger partial charge in [0, 0.05) is 26.7 Å². The first-order valence-corrected chi connectivity index (χ1v) is 9.81. The number of nitrogens with one attached hydrogen (secondary N) is 2. The van der Waals surface area contributed by atoms with Crippen LogP contribution in [0.5, 0.6) is 0 Å². The molecule has 2 N–H and O–H groups in total. The first kappa shape index (κ1) is 19.8. The molecule has 0 heterocycles. The molecule has 0 saturated carbocycles. The third-order valence-electron chi connectivity index (χ3n) is 3.60. The van der Waals surface area contributed by atoms with Gasteiger partial charge in [-0.2, -0.15) is 11.8 Å². The minimum atomic E-state index is 0.917. The van der Waals surface area contributed by atoms with E-state index in [9.17, 15) is 0 Å². The van der Waals surface area contributed by atoms with Crippen molar-refractivity contribution in [3.8, 4) is 0 Å². The smallest absolute Gasteiger partial charge is 0.190 e. The molecule has 0 aliphatic heterocycles. The van der Waals surface area contributed by atoms with Crippen LogP contribution in [0.25, 0.3) is 0 Å². The van der Waals surface area contributed by atoms with Gasteiger partial charge in [-0.3, -0.25) is 4.99 Å². The van der Waals surface area contributed by atoms with Gasteiger partial charge in [0.2, 0.25) is 0 Å². The van der Waals surface area contributed by atoms with Gasteiger partial charge in [0.15, 0.2) is 5.96 Å². The van der Waals surface area contributed by atoms with Crippen molar-refractivity contribution in [3.63, 3.8) is 0 Å².